The maximum atomic E-state index is 5.21. The van der Waals surface area contributed by atoms with Crippen molar-refractivity contribution in [3.63, 3.8) is 0 Å². The third-order valence-electron chi connectivity index (χ3n) is 2.45. The van der Waals surface area contributed by atoms with Crippen molar-refractivity contribution >= 4 is 0 Å². The van der Waals surface area contributed by atoms with Gasteiger partial charge in [-0.2, -0.15) is 0 Å². The monoisotopic (exact) mass is 197 g/mol. The molecule has 0 N–H and O–H groups in total. The molecule has 0 atom stereocenters. The number of benzene rings is 2. The number of hydrogen-bond acceptors (Lipinski definition) is 1. The van der Waals surface area contributed by atoms with E-state index in [0.717, 1.165) is 5.75 Å². The summed E-state index contributed by atoms with van der Waals surface area (Å²) in [6.45, 7) is 2.09. The highest BCUT2D eigenvalue weighted by molar-refractivity contribution is 5.68. The summed E-state index contributed by atoms with van der Waals surface area (Å²) in [5.41, 5.74) is 3.64. The van der Waals surface area contributed by atoms with Gasteiger partial charge in [0.05, 0.1) is 7.11 Å². The van der Waals surface area contributed by atoms with E-state index in [1.165, 1.54) is 16.7 Å². The Morgan fingerprint density at radius 1 is 1.20 bits per heavy atom. The molecule has 75 valence electrons. The summed E-state index contributed by atoms with van der Waals surface area (Å²) in [7, 11) is 1.69. The van der Waals surface area contributed by atoms with Crippen molar-refractivity contribution in [2.24, 2.45) is 0 Å². The van der Waals surface area contributed by atoms with Crippen LogP contribution in [-0.2, 0) is 0 Å². The van der Waals surface area contributed by atoms with Crippen LogP contribution in [-0.4, -0.2) is 7.11 Å². The molecule has 0 amide bonds. The van der Waals surface area contributed by atoms with Gasteiger partial charge in [0, 0.05) is 0 Å². The molecule has 0 aromatic heterocycles. The van der Waals surface area contributed by atoms with Crippen molar-refractivity contribution in [3.8, 4) is 16.9 Å². The molecule has 1 nitrogen and oxygen atoms in total. The van der Waals surface area contributed by atoms with Crippen LogP contribution in [0, 0.1) is 13.0 Å². The normalized spacial score (nSPS) is 10.0. The van der Waals surface area contributed by atoms with Gasteiger partial charge in [-0.15, -0.1) is 0 Å². The van der Waals surface area contributed by atoms with Gasteiger partial charge in [-0.25, -0.2) is 0 Å². The second-order valence-corrected chi connectivity index (χ2v) is 3.47. The lowest BCUT2D eigenvalue weighted by molar-refractivity contribution is 0.415. The average Bonchev–Trinajstić information content (AvgIpc) is 2.30. The van der Waals surface area contributed by atoms with Crippen LogP contribution in [0.3, 0.4) is 0 Å². The topological polar surface area (TPSA) is 9.23 Å². The summed E-state index contributed by atoms with van der Waals surface area (Å²) in [4.78, 5) is 0. The lowest BCUT2D eigenvalue weighted by atomic mass is 10.0. The predicted octanol–water partition coefficient (Wildman–Crippen LogP) is 3.47. The van der Waals surface area contributed by atoms with Crippen LogP contribution in [0.1, 0.15) is 5.56 Å². The highest BCUT2D eigenvalue weighted by atomic mass is 16.5. The molecular formula is C14H13O. The molecule has 1 radical (unpaired) electrons. The van der Waals surface area contributed by atoms with Crippen molar-refractivity contribution in [2.45, 2.75) is 6.92 Å². The molecule has 0 bridgehead atoms. The molecule has 15 heavy (non-hydrogen) atoms. The molecule has 0 aliphatic rings. The Labute approximate surface area is 90.3 Å². The smallest absolute Gasteiger partial charge is 0.119 e. The molecule has 0 aliphatic carbocycles. The largest absolute Gasteiger partial charge is 0.497 e. The number of hydrogen-bond donors (Lipinski definition) is 0. The summed E-state index contributed by atoms with van der Waals surface area (Å²) in [5.74, 6) is 0.889. The van der Waals surface area contributed by atoms with E-state index in [2.05, 4.69) is 25.1 Å². The minimum Gasteiger partial charge on any atom is -0.497 e. The van der Waals surface area contributed by atoms with Crippen LogP contribution in [0.4, 0.5) is 0 Å². The Kier molecular flexibility index (Phi) is 2.72. The van der Waals surface area contributed by atoms with Gasteiger partial charge in [0.1, 0.15) is 5.75 Å². The van der Waals surface area contributed by atoms with E-state index >= 15 is 0 Å². The van der Waals surface area contributed by atoms with E-state index in [1.807, 2.05) is 30.3 Å². The molecule has 2 aromatic rings. The van der Waals surface area contributed by atoms with Crippen molar-refractivity contribution in [1.82, 2.24) is 0 Å². The van der Waals surface area contributed by atoms with Gasteiger partial charge in [-0.3, -0.25) is 0 Å². The van der Waals surface area contributed by atoms with Gasteiger partial charge >= 0.3 is 0 Å². The van der Waals surface area contributed by atoms with Gasteiger partial charge in [0.2, 0.25) is 0 Å². The Balaban J connectivity index is 2.49. The SMILES string of the molecule is COc1cccc(-c2cc[c]cc2C)c1. The average molecular weight is 197 g/mol. The van der Waals surface area contributed by atoms with E-state index in [4.69, 9.17) is 4.74 Å². The first kappa shape index (κ1) is 9.78. The Morgan fingerprint density at radius 3 is 2.80 bits per heavy atom. The van der Waals surface area contributed by atoms with Crippen LogP contribution in [0.25, 0.3) is 11.1 Å². The van der Waals surface area contributed by atoms with Gasteiger partial charge in [-0.05, 0) is 41.8 Å². The number of ether oxygens (including phenoxy) is 1. The van der Waals surface area contributed by atoms with Gasteiger partial charge < -0.3 is 4.74 Å². The molecule has 2 rings (SSSR count). The third kappa shape index (κ3) is 2.01. The van der Waals surface area contributed by atoms with Crippen LogP contribution in [0.5, 0.6) is 5.75 Å². The molecule has 0 saturated heterocycles. The first-order valence-corrected chi connectivity index (χ1v) is 4.92. The Bertz CT molecular complexity index is 460. The summed E-state index contributed by atoms with van der Waals surface area (Å²) in [6.07, 6.45) is 0. The summed E-state index contributed by atoms with van der Waals surface area (Å²) in [5, 5.41) is 0. The lowest BCUT2D eigenvalue weighted by Gasteiger charge is -2.07. The molecule has 2 aromatic carbocycles. The maximum absolute atomic E-state index is 5.21. The highest BCUT2D eigenvalue weighted by Gasteiger charge is 2.01. The number of rotatable bonds is 2. The van der Waals surface area contributed by atoms with Crippen molar-refractivity contribution < 1.29 is 4.74 Å². The third-order valence-corrected chi connectivity index (χ3v) is 2.45. The summed E-state index contributed by atoms with van der Waals surface area (Å²) in [6, 6.07) is 17.2. The lowest BCUT2D eigenvalue weighted by Crippen LogP contribution is -1.85. The highest BCUT2D eigenvalue weighted by Crippen LogP contribution is 2.25. The first-order chi connectivity index (χ1) is 7.31. The summed E-state index contributed by atoms with van der Waals surface area (Å²) >= 11 is 0. The Morgan fingerprint density at radius 2 is 2.07 bits per heavy atom. The van der Waals surface area contributed by atoms with E-state index in [-0.39, 0.29) is 0 Å². The van der Waals surface area contributed by atoms with E-state index in [0.29, 0.717) is 0 Å². The molecule has 0 saturated carbocycles. The number of aryl methyl sites for hydroxylation is 1. The minimum absolute atomic E-state index is 0.889. The van der Waals surface area contributed by atoms with Crippen molar-refractivity contribution in [2.75, 3.05) is 7.11 Å². The van der Waals surface area contributed by atoms with Crippen LogP contribution >= 0.6 is 0 Å². The molecule has 1 heteroatoms. The van der Waals surface area contributed by atoms with Crippen molar-refractivity contribution in [1.29, 1.82) is 0 Å². The molecule has 0 heterocycles. The molecule has 0 fully saturated rings. The summed E-state index contributed by atoms with van der Waals surface area (Å²) < 4.78 is 5.21. The second kappa shape index (κ2) is 4.18. The zero-order valence-corrected chi connectivity index (χ0v) is 8.95. The fourth-order valence-corrected chi connectivity index (χ4v) is 1.63. The van der Waals surface area contributed by atoms with Gasteiger partial charge in [0.15, 0.2) is 0 Å². The van der Waals surface area contributed by atoms with E-state index in [1.54, 1.807) is 7.11 Å². The van der Waals surface area contributed by atoms with E-state index < -0.39 is 0 Å². The van der Waals surface area contributed by atoms with Gasteiger partial charge in [-0.1, -0.05) is 30.3 Å². The maximum Gasteiger partial charge on any atom is 0.119 e. The second-order valence-electron chi connectivity index (χ2n) is 3.47. The molecule has 0 unspecified atom stereocenters. The zero-order valence-electron chi connectivity index (χ0n) is 8.95. The van der Waals surface area contributed by atoms with Gasteiger partial charge in [0.25, 0.3) is 0 Å². The molecule has 0 spiro atoms. The number of methoxy groups -OCH3 is 1. The molecule has 0 aliphatic heterocycles. The standard InChI is InChI=1S/C14H13O/c1-11-6-3-4-9-14(11)12-7-5-8-13(10-12)15-2/h4-10H,1-2H3. The predicted molar refractivity (Wildman–Crippen MR) is 62.0 cm³/mol. The first-order valence-electron chi connectivity index (χ1n) is 4.92. The van der Waals surface area contributed by atoms with Crippen LogP contribution in [0.15, 0.2) is 42.5 Å². The fourth-order valence-electron chi connectivity index (χ4n) is 1.63. The fraction of sp³-hybridized carbons (Fsp3) is 0.143. The minimum atomic E-state index is 0.889. The van der Waals surface area contributed by atoms with E-state index in [9.17, 15) is 0 Å². The van der Waals surface area contributed by atoms with Crippen molar-refractivity contribution in [3.05, 3.63) is 54.1 Å². The van der Waals surface area contributed by atoms with Crippen LogP contribution < -0.4 is 4.74 Å². The Hall–Kier alpha value is -1.76. The zero-order chi connectivity index (χ0) is 10.7. The molecular weight excluding hydrogens is 184 g/mol. The quantitative estimate of drug-likeness (QED) is 0.716. The van der Waals surface area contributed by atoms with Crippen LogP contribution in [0.2, 0.25) is 0 Å².